The molecule has 1 aromatic heterocycles. The monoisotopic (exact) mass is 426 g/mol. The molecule has 0 radical (unpaired) electrons. The Bertz CT molecular complexity index is 1100. The Morgan fingerprint density at radius 1 is 1.19 bits per heavy atom. The molecule has 0 unspecified atom stereocenters. The molecule has 2 heterocycles. The number of nitrogens with one attached hydrogen (secondary N) is 1. The Labute approximate surface area is 178 Å². The summed E-state index contributed by atoms with van der Waals surface area (Å²) < 4.78 is 31.8. The van der Waals surface area contributed by atoms with Gasteiger partial charge in [0.05, 0.1) is 30.2 Å². The maximum absolute atomic E-state index is 14.6. The minimum Gasteiger partial charge on any atom is -0.493 e. The van der Waals surface area contributed by atoms with E-state index in [0.29, 0.717) is 34.9 Å². The molecule has 31 heavy (non-hydrogen) atoms. The average molecular weight is 426 g/mol. The molecule has 0 aliphatic carbocycles. The molecule has 8 nitrogen and oxygen atoms in total. The van der Waals surface area contributed by atoms with Crippen molar-refractivity contribution in [1.29, 1.82) is 0 Å². The number of aromatic nitrogens is 2. The van der Waals surface area contributed by atoms with Crippen molar-refractivity contribution >= 4 is 16.8 Å². The summed E-state index contributed by atoms with van der Waals surface area (Å²) in [6.07, 6.45) is 3.44. The van der Waals surface area contributed by atoms with Crippen molar-refractivity contribution in [2.75, 3.05) is 26.8 Å². The van der Waals surface area contributed by atoms with Gasteiger partial charge in [-0.05, 0) is 50.0 Å². The Hall–Kier alpha value is -3.46. The summed E-state index contributed by atoms with van der Waals surface area (Å²) in [5.41, 5.74) is 5.50. The molecule has 162 valence electrons. The van der Waals surface area contributed by atoms with E-state index >= 15 is 0 Å². The molecule has 1 aliphatic rings. The highest BCUT2D eigenvalue weighted by Gasteiger charge is 2.19. The van der Waals surface area contributed by atoms with E-state index in [1.54, 1.807) is 19.2 Å². The summed E-state index contributed by atoms with van der Waals surface area (Å²) in [4.78, 5) is 19.8. The van der Waals surface area contributed by atoms with E-state index in [-0.39, 0.29) is 17.2 Å². The number of hydrogen-bond acceptors (Lipinski definition) is 7. The fourth-order valence-electron chi connectivity index (χ4n) is 3.53. The fourth-order valence-corrected chi connectivity index (χ4v) is 3.53. The van der Waals surface area contributed by atoms with Gasteiger partial charge in [0, 0.05) is 6.07 Å². The first kappa shape index (κ1) is 20.8. The van der Waals surface area contributed by atoms with Crippen molar-refractivity contribution < 1.29 is 23.4 Å². The van der Waals surface area contributed by atoms with Crippen LogP contribution in [-0.2, 0) is 0 Å². The molecule has 1 fully saturated rings. The van der Waals surface area contributed by atoms with E-state index in [9.17, 15) is 9.18 Å². The van der Waals surface area contributed by atoms with Gasteiger partial charge in [-0.25, -0.2) is 14.4 Å². The number of amides is 1. The summed E-state index contributed by atoms with van der Waals surface area (Å²) in [6.45, 7) is 2.57. The van der Waals surface area contributed by atoms with Crippen molar-refractivity contribution in [3.05, 3.63) is 48.0 Å². The predicted molar refractivity (Wildman–Crippen MR) is 112 cm³/mol. The Balaban J connectivity index is 1.64. The molecule has 1 aliphatic heterocycles. The number of primary amides is 1. The van der Waals surface area contributed by atoms with Gasteiger partial charge in [-0.15, -0.1) is 0 Å². The van der Waals surface area contributed by atoms with Crippen LogP contribution in [0.1, 0.15) is 23.2 Å². The normalized spacial score (nSPS) is 14.4. The molecular formula is C22H23FN4O4. The van der Waals surface area contributed by atoms with Crippen LogP contribution < -0.4 is 25.3 Å². The largest absolute Gasteiger partial charge is 0.493 e. The first-order valence-corrected chi connectivity index (χ1v) is 9.99. The van der Waals surface area contributed by atoms with Gasteiger partial charge in [0.1, 0.15) is 6.33 Å². The molecular weight excluding hydrogens is 403 g/mol. The number of rotatable bonds is 7. The van der Waals surface area contributed by atoms with Crippen molar-refractivity contribution in [2.24, 2.45) is 11.7 Å². The van der Waals surface area contributed by atoms with Crippen LogP contribution in [0.2, 0.25) is 0 Å². The predicted octanol–water partition coefficient (Wildman–Crippen LogP) is 3.05. The number of nitrogens with two attached hydrogens (primary N) is 1. The number of ether oxygens (including phenoxy) is 3. The number of benzene rings is 2. The SMILES string of the molecule is COc1cc2c(Oc3cccc(C(N)=O)c3F)ncnc2cc1OCC1CCNCC1. The molecule has 3 aromatic rings. The Kier molecular flexibility index (Phi) is 6.13. The lowest BCUT2D eigenvalue weighted by molar-refractivity contribution is 0.0995. The van der Waals surface area contributed by atoms with Crippen LogP contribution in [0.5, 0.6) is 23.1 Å². The summed E-state index contributed by atoms with van der Waals surface area (Å²) in [7, 11) is 1.54. The highest BCUT2D eigenvalue weighted by Crippen LogP contribution is 2.37. The van der Waals surface area contributed by atoms with E-state index in [1.165, 1.54) is 24.5 Å². The van der Waals surface area contributed by atoms with E-state index in [4.69, 9.17) is 19.9 Å². The second kappa shape index (κ2) is 9.13. The maximum atomic E-state index is 14.6. The number of piperidine rings is 1. The lowest BCUT2D eigenvalue weighted by Gasteiger charge is -2.23. The summed E-state index contributed by atoms with van der Waals surface area (Å²) in [6, 6.07) is 7.61. The highest BCUT2D eigenvalue weighted by atomic mass is 19.1. The van der Waals surface area contributed by atoms with Crippen molar-refractivity contribution in [3.63, 3.8) is 0 Å². The Morgan fingerprint density at radius 2 is 2.00 bits per heavy atom. The van der Waals surface area contributed by atoms with Gasteiger partial charge in [0.25, 0.3) is 5.91 Å². The zero-order valence-electron chi connectivity index (χ0n) is 17.1. The number of halogens is 1. The number of hydrogen-bond donors (Lipinski definition) is 2. The second-order valence-corrected chi connectivity index (χ2v) is 7.29. The molecule has 0 atom stereocenters. The third-order valence-corrected chi connectivity index (χ3v) is 5.25. The van der Waals surface area contributed by atoms with E-state index in [1.807, 2.05) is 0 Å². The molecule has 1 saturated heterocycles. The van der Waals surface area contributed by atoms with Crippen LogP contribution in [-0.4, -0.2) is 42.7 Å². The van der Waals surface area contributed by atoms with E-state index in [2.05, 4.69) is 15.3 Å². The second-order valence-electron chi connectivity index (χ2n) is 7.29. The van der Waals surface area contributed by atoms with Crippen LogP contribution in [0.4, 0.5) is 4.39 Å². The molecule has 0 spiro atoms. The zero-order valence-corrected chi connectivity index (χ0v) is 17.1. The van der Waals surface area contributed by atoms with Crippen LogP contribution >= 0.6 is 0 Å². The fraction of sp³-hybridized carbons (Fsp3) is 0.318. The van der Waals surface area contributed by atoms with Gasteiger partial charge >= 0.3 is 0 Å². The lowest BCUT2D eigenvalue weighted by Crippen LogP contribution is -2.30. The van der Waals surface area contributed by atoms with Gasteiger partial charge in [-0.3, -0.25) is 4.79 Å². The van der Waals surface area contributed by atoms with Gasteiger partial charge in [-0.1, -0.05) is 6.07 Å². The van der Waals surface area contributed by atoms with Crippen LogP contribution in [0.25, 0.3) is 10.9 Å². The zero-order chi connectivity index (χ0) is 21.8. The third-order valence-electron chi connectivity index (χ3n) is 5.25. The minimum absolute atomic E-state index is 0.119. The van der Waals surface area contributed by atoms with E-state index in [0.717, 1.165) is 25.9 Å². The molecule has 9 heteroatoms. The average Bonchev–Trinajstić information content (AvgIpc) is 2.79. The molecule has 3 N–H and O–H groups in total. The van der Waals surface area contributed by atoms with Crippen LogP contribution in [0.15, 0.2) is 36.7 Å². The van der Waals surface area contributed by atoms with Crippen LogP contribution in [0, 0.1) is 11.7 Å². The quantitative estimate of drug-likeness (QED) is 0.598. The number of carbonyl (C=O) groups is 1. The highest BCUT2D eigenvalue weighted by molar-refractivity contribution is 5.93. The van der Waals surface area contributed by atoms with Crippen molar-refractivity contribution in [1.82, 2.24) is 15.3 Å². The molecule has 0 bridgehead atoms. The first-order valence-electron chi connectivity index (χ1n) is 9.99. The molecule has 0 saturated carbocycles. The van der Waals surface area contributed by atoms with Gasteiger partial charge in [0.2, 0.25) is 5.88 Å². The number of nitrogens with zero attached hydrogens (tertiary/aromatic N) is 2. The van der Waals surface area contributed by atoms with Crippen molar-refractivity contribution in [3.8, 4) is 23.1 Å². The molecule has 1 amide bonds. The number of methoxy groups -OCH3 is 1. The van der Waals surface area contributed by atoms with E-state index < -0.39 is 11.7 Å². The number of fused-ring (bicyclic) bond motifs is 1. The lowest BCUT2D eigenvalue weighted by atomic mass is 9.99. The smallest absolute Gasteiger partial charge is 0.251 e. The third kappa shape index (κ3) is 4.51. The van der Waals surface area contributed by atoms with Gasteiger partial charge in [-0.2, -0.15) is 0 Å². The molecule has 2 aromatic carbocycles. The van der Waals surface area contributed by atoms with Crippen molar-refractivity contribution in [2.45, 2.75) is 12.8 Å². The van der Waals surface area contributed by atoms with Crippen LogP contribution in [0.3, 0.4) is 0 Å². The summed E-state index contributed by atoms with van der Waals surface area (Å²) in [5, 5.41) is 3.85. The molecule has 4 rings (SSSR count). The van der Waals surface area contributed by atoms with Gasteiger partial charge < -0.3 is 25.3 Å². The first-order chi connectivity index (χ1) is 15.1. The summed E-state index contributed by atoms with van der Waals surface area (Å²) >= 11 is 0. The minimum atomic E-state index is -0.882. The topological polar surface area (TPSA) is 109 Å². The summed E-state index contributed by atoms with van der Waals surface area (Å²) in [5.74, 6) is -0.238. The maximum Gasteiger partial charge on any atom is 0.251 e. The number of carbonyl (C=O) groups excluding carboxylic acids is 1. The Morgan fingerprint density at radius 3 is 2.74 bits per heavy atom. The standard InChI is InChI=1S/C22H23FN4O4/c1-29-18-9-15-16(10-19(18)30-11-13-5-7-25-8-6-13)26-12-27-22(15)31-17-4-2-3-14(20(17)23)21(24)28/h2-4,9-10,12-13,25H,5-8,11H2,1H3,(H2,24,28). The van der Waals surface area contributed by atoms with Gasteiger partial charge in [0.15, 0.2) is 23.1 Å².